The van der Waals surface area contributed by atoms with E-state index in [1.165, 1.54) is 31.4 Å². The summed E-state index contributed by atoms with van der Waals surface area (Å²) in [5.74, 6) is 0.436. The van der Waals surface area contributed by atoms with Gasteiger partial charge in [0.1, 0.15) is 5.75 Å². The smallest absolute Gasteiger partial charge is 0.120 e. The number of rotatable bonds is 4. The van der Waals surface area contributed by atoms with Crippen molar-refractivity contribution in [1.82, 2.24) is 4.90 Å². The van der Waals surface area contributed by atoms with Crippen LogP contribution in [0.3, 0.4) is 0 Å². The molecule has 0 spiro atoms. The molecule has 1 fully saturated rings. The molecule has 0 aliphatic carbocycles. The van der Waals surface area contributed by atoms with E-state index in [1.54, 1.807) is 0 Å². The van der Waals surface area contributed by atoms with Crippen LogP contribution in [0.1, 0.15) is 44.2 Å². The molecule has 18 heavy (non-hydrogen) atoms. The Labute approximate surface area is 111 Å². The van der Waals surface area contributed by atoms with Crippen LogP contribution in [0.25, 0.3) is 0 Å². The monoisotopic (exact) mass is 247 g/mol. The molecular formula is C16H25NO. The van der Waals surface area contributed by atoms with Crippen LogP contribution >= 0.6 is 0 Å². The minimum absolute atomic E-state index is 0.436. The lowest BCUT2D eigenvalue weighted by Crippen LogP contribution is -2.26. The lowest BCUT2D eigenvalue weighted by atomic mass is 9.82. The van der Waals surface area contributed by atoms with Gasteiger partial charge in [-0.25, -0.2) is 0 Å². The zero-order chi connectivity index (χ0) is 13.2. The van der Waals surface area contributed by atoms with Crippen LogP contribution in [-0.4, -0.2) is 23.1 Å². The maximum Gasteiger partial charge on any atom is 0.120 e. The maximum absolute atomic E-state index is 9.91. The number of likely N-dealkylation sites (tertiary alicyclic amines) is 1. The van der Waals surface area contributed by atoms with Crippen molar-refractivity contribution < 1.29 is 5.11 Å². The number of nitrogens with zero attached hydrogens (tertiary/aromatic N) is 1. The van der Waals surface area contributed by atoms with Gasteiger partial charge in [-0.15, -0.1) is 0 Å². The molecule has 0 amide bonds. The van der Waals surface area contributed by atoms with Gasteiger partial charge in [-0.2, -0.15) is 0 Å². The average Bonchev–Trinajstić information content (AvgIpc) is 2.78. The Balaban J connectivity index is 2.05. The topological polar surface area (TPSA) is 23.5 Å². The molecule has 1 aromatic rings. The third-order valence-electron chi connectivity index (χ3n) is 4.65. The molecule has 0 radical (unpaired) electrons. The summed E-state index contributed by atoms with van der Waals surface area (Å²) in [6, 6.07) is 5.88. The van der Waals surface area contributed by atoms with E-state index < -0.39 is 0 Å². The van der Waals surface area contributed by atoms with Gasteiger partial charge in [0.2, 0.25) is 0 Å². The molecule has 2 nitrogen and oxygen atoms in total. The summed E-state index contributed by atoms with van der Waals surface area (Å²) < 4.78 is 0. The Bertz CT molecular complexity index is 410. The molecule has 1 saturated heterocycles. The lowest BCUT2D eigenvalue weighted by molar-refractivity contribution is 0.234. The molecule has 100 valence electrons. The molecule has 0 aromatic heterocycles. The molecule has 0 saturated carbocycles. The summed E-state index contributed by atoms with van der Waals surface area (Å²) in [7, 11) is 0. The fraction of sp³-hybridized carbons (Fsp3) is 0.625. The van der Waals surface area contributed by atoms with E-state index in [1.807, 2.05) is 12.1 Å². The van der Waals surface area contributed by atoms with E-state index in [2.05, 4.69) is 31.7 Å². The van der Waals surface area contributed by atoms with Gasteiger partial charge in [0.25, 0.3) is 0 Å². The zero-order valence-corrected chi connectivity index (χ0v) is 11.9. The van der Waals surface area contributed by atoms with Gasteiger partial charge in [-0.1, -0.05) is 31.5 Å². The van der Waals surface area contributed by atoms with Crippen LogP contribution in [0, 0.1) is 12.3 Å². The van der Waals surface area contributed by atoms with Gasteiger partial charge in [0, 0.05) is 18.7 Å². The third kappa shape index (κ3) is 2.69. The number of hydrogen-bond donors (Lipinski definition) is 1. The van der Waals surface area contributed by atoms with E-state index in [4.69, 9.17) is 0 Å². The molecule has 1 aliphatic rings. The summed E-state index contributed by atoms with van der Waals surface area (Å²) in [6.07, 6.45) is 3.83. The number of phenolic OH excluding ortho intramolecular Hbond substituents is 1. The highest BCUT2D eigenvalue weighted by Gasteiger charge is 2.34. The van der Waals surface area contributed by atoms with Gasteiger partial charge in [-0.05, 0) is 44.2 Å². The fourth-order valence-electron chi connectivity index (χ4n) is 3.07. The highest BCUT2D eigenvalue weighted by molar-refractivity contribution is 5.35. The Morgan fingerprint density at radius 2 is 2.00 bits per heavy atom. The lowest BCUT2D eigenvalue weighted by Gasteiger charge is -2.26. The van der Waals surface area contributed by atoms with E-state index in [9.17, 15) is 5.11 Å². The Morgan fingerprint density at radius 1 is 1.28 bits per heavy atom. The molecule has 0 unspecified atom stereocenters. The molecule has 2 heteroatoms. The molecule has 1 aromatic carbocycles. The summed E-state index contributed by atoms with van der Waals surface area (Å²) in [5, 5.41) is 9.91. The first kappa shape index (κ1) is 13.4. The molecule has 2 rings (SSSR count). The van der Waals surface area contributed by atoms with E-state index >= 15 is 0 Å². The average molecular weight is 247 g/mol. The first-order valence-corrected chi connectivity index (χ1v) is 7.09. The number of phenols is 1. The van der Waals surface area contributed by atoms with Crippen molar-refractivity contribution in [3.05, 3.63) is 29.3 Å². The van der Waals surface area contributed by atoms with Crippen LogP contribution < -0.4 is 0 Å². The second-order valence-corrected chi connectivity index (χ2v) is 5.80. The number of aromatic hydroxyl groups is 1. The summed E-state index contributed by atoms with van der Waals surface area (Å²) in [6.45, 7) is 9.90. The van der Waals surface area contributed by atoms with Crippen molar-refractivity contribution in [2.75, 3.05) is 13.1 Å². The normalized spacial score (nSPS) is 19.3. The number of aryl methyl sites for hydroxylation is 1. The molecule has 0 bridgehead atoms. The standard InChI is InChI=1S/C16H25NO/c1-4-16(5-2)8-9-17(12-16)11-14-10-13(3)6-7-15(14)18/h6-7,10,18H,4-5,8-9,11-12H2,1-3H3. The molecule has 1 heterocycles. The van der Waals surface area contributed by atoms with Crippen molar-refractivity contribution in [1.29, 1.82) is 0 Å². The van der Waals surface area contributed by atoms with Gasteiger partial charge in [-0.3, -0.25) is 4.90 Å². The van der Waals surface area contributed by atoms with Crippen LogP contribution in [0.5, 0.6) is 5.75 Å². The second kappa shape index (κ2) is 5.31. The van der Waals surface area contributed by atoms with Crippen LogP contribution in [0.4, 0.5) is 0 Å². The molecule has 1 N–H and O–H groups in total. The SMILES string of the molecule is CCC1(CC)CCN(Cc2cc(C)ccc2O)C1. The van der Waals surface area contributed by atoms with Crippen molar-refractivity contribution in [3.63, 3.8) is 0 Å². The largest absolute Gasteiger partial charge is 0.508 e. The Hall–Kier alpha value is -1.02. The fourth-order valence-corrected chi connectivity index (χ4v) is 3.07. The first-order chi connectivity index (χ1) is 8.58. The summed E-state index contributed by atoms with van der Waals surface area (Å²) >= 11 is 0. The van der Waals surface area contributed by atoms with Gasteiger partial charge >= 0.3 is 0 Å². The predicted octanol–water partition coefficient (Wildman–Crippen LogP) is 3.71. The highest BCUT2D eigenvalue weighted by atomic mass is 16.3. The Kier molecular flexibility index (Phi) is 3.96. The predicted molar refractivity (Wildman–Crippen MR) is 75.8 cm³/mol. The van der Waals surface area contributed by atoms with Gasteiger partial charge < -0.3 is 5.11 Å². The Morgan fingerprint density at radius 3 is 2.61 bits per heavy atom. The number of hydrogen-bond acceptors (Lipinski definition) is 2. The third-order valence-corrected chi connectivity index (χ3v) is 4.65. The zero-order valence-electron chi connectivity index (χ0n) is 11.9. The minimum Gasteiger partial charge on any atom is -0.508 e. The van der Waals surface area contributed by atoms with Crippen molar-refractivity contribution in [2.45, 2.75) is 46.6 Å². The van der Waals surface area contributed by atoms with Crippen molar-refractivity contribution in [2.24, 2.45) is 5.41 Å². The van der Waals surface area contributed by atoms with Crippen LogP contribution in [0.2, 0.25) is 0 Å². The molecular weight excluding hydrogens is 222 g/mol. The van der Waals surface area contributed by atoms with E-state index in [0.717, 1.165) is 18.7 Å². The molecule has 1 aliphatic heterocycles. The quantitative estimate of drug-likeness (QED) is 0.876. The van der Waals surface area contributed by atoms with Crippen molar-refractivity contribution in [3.8, 4) is 5.75 Å². The first-order valence-electron chi connectivity index (χ1n) is 7.09. The van der Waals surface area contributed by atoms with Gasteiger partial charge in [0.15, 0.2) is 0 Å². The van der Waals surface area contributed by atoms with E-state index in [0.29, 0.717) is 11.2 Å². The summed E-state index contributed by atoms with van der Waals surface area (Å²) in [5.41, 5.74) is 2.80. The minimum atomic E-state index is 0.436. The number of benzene rings is 1. The highest BCUT2D eigenvalue weighted by Crippen LogP contribution is 2.38. The second-order valence-electron chi connectivity index (χ2n) is 5.80. The maximum atomic E-state index is 9.91. The van der Waals surface area contributed by atoms with E-state index in [-0.39, 0.29) is 0 Å². The summed E-state index contributed by atoms with van der Waals surface area (Å²) in [4.78, 5) is 2.49. The van der Waals surface area contributed by atoms with Crippen molar-refractivity contribution >= 4 is 0 Å². The van der Waals surface area contributed by atoms with Crippen LogP contribution in [-0.2, 0) is 6.54 Å². The van der Waals surface area contributed by atoms with Gasteiger partial charge in [0.05, 0.1) is 0 Å². The van der Waals surface area contributed by atoms with Crippen LogP contribution in [0.15, 0.2) is 18.2 Å². The molecule has 0 atom stereocenters.